The molecule has 0 saturated heterocycles. The fourth-order valence-electron chi connectivity index (χ4n) is 0.989. The Morgan fingerprint density at radius 3 is 2.87 bits per heavy atom. The van der Waals surface area contributed by atoms with Gasteiger partial charge in [-0.3, -0.25) is 4.79 Å². The highest BCUT2D eigenvalue weighted by Gasteiger charge is 2.12. The molecule has 1 aromatic heterocycles. The van der Waals surface area contributed by atoms with Gasteiger partial charge in [-0.25, -0.2) is 0 Å². The van der Waals surface area contributed by atoms with E-state index in [-0.39, 0.29) is 24.3 Å². The molecule has 0 spiro atoms. The van der Waals surface area contributed by atoms with Crippen LogP contribution >= 0.6 is 11.6 Å². The van der Waals surface area contributed by atoms with Gasteiger partial charge in [0.15, 0.2) is 0 Å². The van der Waals surface area contributed by atoms with Crippen molar-refractivity contribution in [1.29, 1.82) is 0 Å². The molecule has 1 amide bonds. The number of likely N-dealkylation sites (N-methyl/N-ethyl adjacent to an activating group) is 2. The van der Waals surface area contributed by atoms with Crippen molar-refractivity contribution in [2.24, 2.45) is 0 Å². The van der Waals surface area contributed by atoms with Gasteiger partial charge in [-0.1, -0.05) is 5.10 Å². The van der Waals surface area contributed by atoms with Crippen molar-refractivity contribution in [3.63, 3.8) is 0 Å². The summed E-state index contributed by atoms with van der Waals surface area (Å²) < 4.78 is 5.17. The summed E-state index contributed by atoms with van der Waals surface area (Å²) in [7, 11) is 1.70. The Morgan fingerprint density at radius 2 is 2.33 bits per heavy atom. The Hall–Kier alpha value is -1.30. The molecule has 15 heavy (non-hydrogen) atoms. The normalized spacial score (nSPS) is 10.1. The average molecular weight is 233 g/mol. The van der Waals surface area contributed by atoms with Crippen molar-refractivity contribution in [3.05, 3.63) is 5.89 Å². The zero-order valence-corrected chi connectivity index (χ0v) is 9.41. The van der Waals surface area contributed by atoms with Gasteiger partial charge in [-0.15, -0.1) is 16.7 Å². The Bertz CT molecular complexity index is 328. The smallest absolute Gasteiger partial charge is 0.318 e. The molecule has 0 saturated carbocycles. The number of amides is 1. The molecule has 1 heterocycles. The van der Waals surface area contributed by atoms with Gasteiger partial charge < -0.3 is 14.6 Å². The van der Waals surface area contributed by atoms with Gasteiger partial charge in [-0.2, -0.15) is 0 Å². The quantitative estimate of drug-likeness (QED) is 0.744. The molecule has 0 atom stereocenters. The summed E-state index contributed by atoms with van der Waals surface area (Å²) in [6, 6.07) is 0.289. The third kappa shape index (κ3) is 3.39. The number of halogens is 1. The fourth-order valence-corrected chi connectivity index (χ4v) is 1.10. The summed E-state index contributed by atoms with van der Waals surface area (Å²) in [4.78, 5) is 12.8. The molecule has 7 heteroatoms. The number of anilines is 1. The summed E-state index contributed by atoms with van der Waals surface area (Å²) in [5.74, 6) is 0.419. The predicted molar refractivity (Wildman–Crippen MR) is 55.8 cm³/mol. The van der Waals surface area contributed by atoms with E-state index in [4.69, 9.17) is 16.0 Å². The van der Waals surface area contributed by atoms with Crippen LogP contribution in [0.25, 0.3) is 0 Å². The standard InChI is InChI=1S/C8H13ClN4O2/c1-3-10-6(14)5-13(2)8-12-11-7(4-9)15-8/h3-5H2,1-2H3,(H,10,14). The number of nitrogens with one attached hydrogen (secondary N) is 1. The summed E-state index contributed by atoms with van der Waals surface area (Å²) in [6.45, 7) is 2.64. The first kappa shape index (κ1) is 11.8. The Kier molecular flexibility index (Phi) is 4.36. The van der Waals surface area contributed by atoms with E-state index in [0.717, 1.165) is 0 Å². The maximum Gasteiger partial charge on any atom is 0.318 e. The van der Waals surface area contributed by atoms with Crippen molar-refractivity contribution in [2.75, 3.05) is 25.0 Å². The molecule has 1 rings (SSSR count). The summed E-state index contributed by atoms with van der Waals surface area (Å²) in [6.07, 6.45) is 0. The molecular formula is C8H13ClN4O2. The summed E-state index contributed by atoms with van der Waals surface area (Å²) in [5, 5.41) is 10.1. The van der Waals surface area contributed by atoms with Crippen molar-refractivity contribution in [3.8, 4) is 0 Å². The van der Waals surface area contributed by atoms with E-state index in [0.29, 0.717) is 12.4 Å². The van der Waals surface area contributed by atoms with Gasteiger partial charge >= 0.3 is 6.01 Å². The number of carbonyl (C=O) groups is 1. The molecule has 84 valence electrons. The molecule has 0 unspecified atom stereocenters. The number of alkyl halides is 1. The second kappa shape index (κ2) is 5.55. The lowest BCUT2D eigenvalue weighted by atomic mass is 10.5. The van der Waals surface area contributed by atoms with E-state index in [9.17, 15) is 4.79 Å². The number of aromatic nitrogens is 2. The van der Waals surface area contributed by atoms with E-state index in [1.165, 1.54) is 0 Å². The monoisotopic (exact) mass is 232 g/mol. The first-order valence-electron chi connectivity index (χ1n) is 4.53. The molecule has 0 aliphatic rings. The van der Waals surface area contributed by atoms with E-state index in [1.54, 1.807) is 11.9 Å². The van der Waals surface area contributed by atoms with E-state index < -0.39 is 0 Å². The van der Waals surface area contributed by atoms with E-state index in [1.807, 2.05) is 6.92 Å². The van der Waals surface area contributed by atoms with Gasteiger partial charge in [-0.05, 0) is 6.92 Å². The van der Waals surface area contributed by atoms with Gasteiger partial charge in [0.1, 0.15) is 12.4 Å². The van der Waals surface area contributed by atoms with E-state index in [2.05, 4.69) is 15.5 Å². The number of rotatable bonds is 5. The number of hydrogen-bond acceptors (Lipinski definition) is 5. The van der Waals surface area contributed by atoms with E-state index >= 15 is 0 Å². The van der Waals surface area contributed by atoms with Gasteiger partial charge in [0, 0.05) is 13.6 Å². The zero-order valence-electron chi connectivity index (χ0n) is 8.66. The van der Waals surface area contributed by atoms with Crippen LogP contribution in [-0.2, 0) is 10.7 Å². The number of nitrogens with zero attached hydrogens (tertiary/aromatic N) is 3. The predicted octanol–water partition coefficient (Wildman–Crippen LogP) is 0.381. The summed E-state index contributed by atoms with van der Waals surface area (Å²) >= 11 is 5.51. The molecule has 1 aromatic rings. The van der Waals surface area contributed by atoms with Crippen molar-refractivity contribution in [2.45, 2.75) is 12.8 Å². The van der Waals surface area contributed by atoms with Crippen molar-refractivity contribution >= 4 is 23.5 Å². The maximum atomic E-state index is 11.2. The molecule has 0 fully saturated rings. The van der Waals surface area contributed by atoms with Crippen LogP contribution in [0.4, 0.5) is 6.01 Å². The topological polar surface area (TPSA) is 71.3 Å². The van der Waals surface area contributed by atoms with Crippen LogP contribution in [0.5, 0.6) is 0 Å². The highest BCUT2D eigenvalue weighted by molar-refractivity contribution is 6.16. The molecule has 1 N–H and O–H groups in total. The second-order valence-corrected chi connectivity index (χ2v) is 3.19. The third-order valence-corrected chi connectivity index (χ3v) is 1.88. The van der Waals surface area contributed by atoms with Gasteiger partial charge in [0.2, 0.25) is 11.8 Å². The highest BCUT2D eigenvalue weighted by Crippen LogP contribution is 2.10. The Balaban J connectivity index is 2.52. The van der Waals surface area contributed by atoms with Crippen molar-refractivity contribution < 1.29 is 9.21 Å². The molecule has 0 aliphatic carbocycles. The molecule has 6 nitrogen and oxygen atoms in total. The molecular weight excluding hydrogens is 220 g/mol. The maximum absolute atomic E-state index is 11.2. The van der Waals surface area contributed by atoms with Crippen LogP contribution in [0, 0.1) is 0 Å². The minimum Gasteiger partial charge on any atom is -0.407 e. The number of carbonyl (C=O) groups excluding carboxylic acids is 1. The minimum atomic E-state index is -0.0920. The van der Waals surface area contributed by atoms with Crippen LogP contribution in [0.15, 0.2) is 4.42 Å². The summed E-state index contributed by atoms with van der Waals surface area (Å²) in [5.41, 5.74) is 0. The van der Waals surface area contributed by atoms with Crippen LogP contribution in [0.2, 0.25) is 0 Å². The lowest BCUT2D eigenvalue weighted by molar-refractivity contribution is -0.119. The van der Waals surface area contributed by atoms with Crippen LogP contribution < -0.4 is 10.2 Å². The molecule has 0 radical (unpaired) electrons. The van der Waals surface area contributed by atoms with Crippen LogP contribution in [-0.4, -0.2) is 36.2 Å². The van der Waals surface area contributed by atoms with Gasteiger partial charge in [0.05, 0.1) is 0 Å². The fraction of sp³-hybridized carbons (Fsp3) is 0.625. The SMILES string of the molecule is CCNC(=O)CN(C)c1nnc(CCl)o1. The van der Waals surface area contributed by atoms with Crippen LogP contribution in [0.1, 0.15) is 12.8 Å². The number of hydrogen-bond donors (Lipinski definition) is 1. The van der Waals surface area contributed by atoms with Crippen LogP contribution in [0.3, 0.4) is 0 Å². The Labute approximate surface area is 92.6 Å². The molecule has 0 bridgehead atoms. The average Bonchev–Trinajstić information content (AvgIpc) is 2.66. The Morgan fingerprint density at radius 1 is 1.60 bits per heavy atom. The lowest BCUT2D eigenvalue weighted by Gasteiger charge is -2.12. The largest absolute Gasteiger partial charge is 0.407 e. The highest BCUT2D eigenvalue weighted by atomic mass is 35.5. The minimum absolute atomic E-state index is 0.0920. The van der Waals surface area contributed by atoms with Gasteiger partial charge in [0.25, 0.3) is 0 Å². The second-order valence-electron chi connectivity index (χ2n) is 2.92. The zero-order chi connectivity index (χ0) is 11.3. The lowest BCUT2D eigenvalue weighted by Crippen LogP contribution is -2.35. The molecule has 0 aromatic carbocycles. The first-order valence-corrected chi connectivity index (χ1v) is 5.07. The molecule has 0 aliphatic heterocycles. The van der Waals surface area contributed by atoms with Crippen molar-refractivity contribution in [1.82, 2.24) is 15.5 Å². The first-order chi connectivity index (χ1) is 7.17. The third-order valence-electron chi connectivity index (χ3n) is 1.65.